The Bertz CT molecular complexity index is 542. The maximum atomic E-state index is 11.8. The van der Waals surface area contributed by atoms with Gasteiger partial charge in [0.1, 0.15) is 17.9 Å². The topological polar surface area (TPSA) is 72.0 Å². The normalized spacial score (nSPS) is 11.3. The van der Waals surface area contributed by atoms with Gasteiger partial charge < -0.3 is 20.1 Å². The SMILES string of the molecule is CCNC(=NCc1ccccc1OC)NCC(=O)OC(C)(C)C.I. The van der Waals surface area contributed by atoms with Crippen molar-refractivity contribution in [2.24, 2.45) is 4.99 Å². The van der Waals surface area contributed by atoms with E-state index < -0.39 is 5.60 Å². The van der Waals surface area contributed by atoms with Gasteiger partial charge in [-0.05, 0) is 33.8 Å². The van der Waals surface area contributed by atoms with E-state index in [1.54, 1.807) is 7.11 Å². The lowest BCUT2D eigenvalue weighted by molar-refractivity contribution is -0.153. The van der Waals surface area contributed by atoms with Gasteiger partial charge in [-0.1, -0.05) is 18.2 Å². The van der Waals surface area contributed by atoms with Gasteiger partial charge in [0.05, 0.1) is 13.7 Å². The molecule has 136 valence electrons. The number of hydrogen-bond acceptors (Lipinski definition) is 4. The van der Waals surface area contributed by atoms with Crippen molar-refractivity contribution in [3.63, 3.8) is 0 Å². The highest BCUT2D eigenvalue weighted by molar-refractivity contribution is 14.0. The Hall–Kier alpha value is -1.51. The predicted molar refractivity (Wildman–Crippen MR) is 107 cm³/mol. The molecule has 0 amide bonds. The summed E-state index contributed by atoms with van der Waals surface area (Å²) < 4.78 is 10.6. The summed E-state index contributed by atoms with van der Waals surface area (Å²) in [6, 6.07) is 7.71. The molecule has 1 aromatic rings. The second-order valence-corrected chi connectivity index (χ2v) is 5.95. The van der Waals surface area contributed by atoms with Crippen molar-refractivity contribution >= 4 is 35.9 Å². The average molecular weight is 449 g/mol. The number of halogens is 1. The van der Waals surface area contributed by atoms with E-state index in [0.29, 0.717) is 19.0 Å². The summed E-state index contributed by atoms with van der Waals surface area (Å²) in [7, 11) is 1.63. The molecule has 0 heterocycles. The maximum Gasteiger partial charge on any atom is 0.325 e. The number of aliphatic imine (C=N–C) groups is 1. The van der Waals surface area contributed by atoms with Gasteiger partial charge in [0, 0.05) is 12.1 Å². The summed E-state index contributed by atoms with van der Waals surface area (Å²) in [6.45, 7) is 8.70. The summed E-state index contributed by atoms with van der Waals surface area (Å²) in [6.07, 6.45) is 0. The molecule has 0 spiro atoms. The quantitative estimate of drug-likeness (QED) is 0.303. The molecule has 1 aromatic carbocycles. The molecule has 6 nitrogen and oxygen atoms in total. The molecule has 0 radical (unpaired) electrons. The standard InChI is InChI=1S/C17H27N3O3.HI/c1-6-18-16(20-12-15(21)23-17(2,3)4)19-11-13-9-7-8-10-14(13)22-5;/h7-10H,6,11-12H2,1-5H3,(H2,18,19,20);1H. The van der Waals surface area contributed by atoms with Crippen molar-refractivity contribution in [3.05, 3.63) is 29.8 Å². The molecule has 0 aliphatic heterocycles. The molecule has 0 saturated carbocycles. The number of para-hydroxylation sites is 1. The summed E-state index contributed by atoms with van der Waals surface area (Å²) >= 11 is 0. The van der Waals surface area contributed by atoms with Gasteiger partial charge in [0.15, 0.2) is 5.96 Å². The van der Waals surface area contributed by atoms with E-state index >= 15 is 0 Å². The third kappa shape index (κ3) is 8.95. The Morgan fingerprint density at radius 2 is 1.88 bits per heavy atom. The molecule has 0 saturated heterocycles. The van der Waals surface area contributed by atoms with Crippen molar-refractivity contribution in [2.75, 3.05) is 20.2 Å². The summed E-state index contributed by atoms with van der Waals surface area (Å²) in [5.74, 6) is 1.03. The molecule has 0 bridgehead atoms. The van der Waals surface area contributed by atoms with Crippen molar-refractivity contribution in [1.29, 1.82) is 0 Å². The minimum atomic E-state index is -0.494. The zero-order chi connectivity index (χ0) is 17.3. The Morgan fingerprint density at radius 1 is 1.21 bits per heavy atom. The largest absolute Gasteiger partial charge is 0.496 e. The average Bonchev–Trinajstić information content (AvgIpc) is 2.48. The van der Waals surface area contributed by atoms with Crippen LogP contribution in [-0.2, 0) is 16.1 Å². The van der Waals surface area contributed by atoms with Crippen LogP contribution in [0.15, 0.2) is 29.3 Å². The van der Waals surface area contributed by atoms with Crippen molar-refractivity contribution in [2.45, 2.75) is 39.8 Å². The Kier molecular flexibility index (Phi) is 10.4. The number of methoxy groups -OCH3 is 1. The first-order chi connectivity index (χ1) is 10.9. The van der Waals surface area contributed by atoms with Crippen LogP contribution in [0.1, 0.15) is 33.3 Å². The Morgan fingerprint density at radius 3 is 2.46 bits per heavy atom. The number of guanidine groups is 1. The van der Waals surface area contributed by atoms with Gasteiger partial charge in [-0.25, -0.2) is 4.99 Å². The van der Waals surface area contributed by atoms with Gasteiger partial charge in [-0.3, -0.25) is 4.79 Å². The van der Waals surface area contributed by atoms with Crippen molar-refractivity contribution in [1.82, 2.24) is 10.6 Å². The van der Waals surface area contributed by atoms with E-state index in [9.17, 15) is 4.79 Å². The number of nitrogens with one attached hydrogen (secondary N) is 2. The zero-order valence-corrected chi connectivity index (χ0v) is 17.3. The molecule has 1 rings (SSSR count). The van der Waals surface area contributed by atoms with E-state index in [0.717, 1.165) is 11.3 Å². The smallest absolute Gasteiger partial charge is 0.325 e. The van der Waals surface area contributed by atoms with Crippen LogP contribution in [-0.4, -0.2) is 37.7 Å². The van der Waals surface area contributed by atoms with Gasteiger partial charge >= 0.3 is 5.97 Å². The molecule has 24 heavy (non-hydrogen) atoms. The predicted octanol–water partition coefficient (Wildman–Crippen LogP) is 2.71. The lowest BCUT2D eigenvalue weighted by Crippen LogP contribution is -2.41. The number of esters is 1. The highest BCUT2D eigenvalue weighted by Crippen LogP contribution is 2.17. The van der Waals surface area contributed by atoms with Gasteiger partial charge in [-0.2, -0.15) is 0 Å². The number of nitrogens with zero attached hydrogens (tertiary/aromatic N) is 1. The first-order valence-electron chi connectivity index (χ1n) is 7.71. The van der Waals surface area contributed by atoms with Gasteiger partial charge in [0.25, 0.3) is 0 Å². The van der Waals surface area contributed by atoms with E-state index in [-0.39, 0.29) is 36.5 Å². The monoisotopic (exact) mass is 449 g/mol. The minimum absolute atomic E-state index is 0. The fourth-order valence-corrected chi connectivity index (χ4v) is 1.87. The molecule has 0 atom stereocenters. The van der Waals surface area contributed by atoms with Crippen LogP contribution in [0.5, 0.6) is 5.75 Å². The second-order valence-electron chi connectivity index (χ2n) is 5.95. The number of carbonyl (C=O) groups excluding carboxylic acids is 1. The summed E-state index contributed by atoms with van der Waals surface area (Å²) in [5, 5.41) is 6.07. The van der Waals surface area contributed by atoms with Crippen LogP contribution in [0.3, 0.4) is 0 Å². The van der Waals surface area contributed by atoms with Crippen molar-refractivity contribution < 1.29 is 14.3 Å². The molecule has 0 aromatic heterocycles. The number of ether oxygens (including phenoxy) is 2. The number of carbonyl (C=O) groups is 1. The third-order valence-corrected chi connectivity index (χ3v) is 2.76. The van der Waals surface area contributed by atoms with E-state index in [4.69, 9.17) is 9.47 Å². The molecule has 0 aliphatic rings. The fraction of sp³-hybridized carbons (Fsp3) is 0.529. The third-order valence-electron chi connectivity index (χ3n) is 2.76. The van der Waals surface area contributed by atoms with Crippen LogP contribution in [0, 0.1) is 0 Å². The highest BCUT2D eigenvalue weighted by atomic mass is 127. The number of benzene rings is 1. The second kappa shape index (κ2) is 11.1. The van der Waals surface area contributed by atoms with Crippen LogP contribution in [0.25, 0.3) is 0 Å². The lowest BCUT2D eigenvalue weighted by atomic mass is 10.2. The number of hydrogen-bond donors (Lipinski definition) is 2. The summed E-state index contributed by atoms with van der Waals surface area (Å²) in [4.78, 5) is 16.2. The zero-order valence-electron chi connectivity index (χ0n) is 15.0. The first-order valence-corrected chi connectivity index (χ1v) is 7.71. The molecular weight excluding hydrogens is 421 g/mol. The molecule has 0 unspecified atom stereocenters. The Balaban J connectivity index is 0.00000529. The van der Waals surface area contributed by atoms with Crippen molar-refractivity contribution in [3.8, 4) is 5.75 Å². The first kappa shape index (κ1) is 22.5. The van der Waals surface area contributed by atoms with Crippen LogP contribution in [0.2, 0.25) is 0 Å². The van der Waals surface area contributed by atoms with E-state index in [1.165, 1.54) is 0 Å². The van der Waals surface area contributed by atoms with Crippen LogP contribution >= 0.6 is 24.0 Å². The lowest BCUT2D eigenvalue weighted by Gasteiger charge is -2.20. The van der Waals surface area contributed by atoms with E-state index in [2.05, 4.69) is 15.6 Å². The fourth-order valence-electron chi connectivity index (χ4n) is 1.87. The van der Waals surface area contributed by atoms with Crippen LogP contribution in [0.4, 0.5) is 0 Å². The van der Waals surface area contributed by atoms with E-state index in [1.807, 2.05) is 52.0 Å². The van der Waals surface area contributed by atoms with Crippen LogP contribution < -0.4 is 15.4 Å². The minimum Gasteiger partial charge on any atom is -0.496 e. The Labute approximate surface area is 161 Å². The molecule has 0 fully saturated rings. The summed E-state index contributed by atoms with van der Waals surface area (Å²) in [5.41, 5.74) is 0.482. The molecular formula is C17H28IN3O3. The molecule has 2 N–H and O–H groups in total. The number of rotatable bonds is 6. The maximum absolute atomic E-state index is 11.8. The highest BCUT2D eigenvalue weighted by Gasteiger charge is 2.16. The van der Waals surface area contributed by atoms with Gasteiger partial charge in [0.2, 0.25) is 0 Å². The molecule has 7 heteroatoms. The van der Waals surface area contributed by atoms with Gasteiger partial charge in [-0.15, -0.1) is 24.0 Å². The molecule has 0 aliphatic carbocycles.